The van der Waals surface area contributed by atoms with Gasteiger partial charge >= 0.3 is 15.1 Å². The smallest absolute Gasteiger partial charge is 0.576 e. The molecule has 4 aliphatic rings. The average molecular weight is 1340 g/mol. The molecule has 0 saturated heterocycles. The zero-order valence-electron chi connectivity index (χ0n) is 54.8. The van der Waals surface area contributed by atoms with Crippen LogP contribution >= 0.6 is 0 Å². The molecule has 2 aliphatic carbocycles. The topological polar surface area (TPSA) is 167 Å². The fourth-order valence-electron chi connectivity index (χ4n) is 14.3. The van der Waals surface area contributed by atoms with E-state index in [1.54, 1.807) is 18.6 Å². The fraction of sp³-hybridized carbons (Fsp3) is 0.0460. The highest BCUT2D eigenvalue weighted by molar-refractivity contribution is 6.42. The van der Waals surface area contributed by atoms with Gasteiger partial charge in [0.2, 0.25) is 0 Å². The summed E-state index contributed by atoms with van der Waals surface area (Å²) in [4.78, 5) is 80.0. The third-order valence-electron chi connectivity index (χ3n) is 19.0. The molecule has 0 radical (unpaired) electrons. The number of hydrogen-bond acceptors (Lipinski definition) is 12. The van der Waals surface area contributed by atoms with Crippen LogP contribution < -0.4 is 11.4 Å². The Kier molecular flexibility index (Phi) is 16.5. The van der Waals surface area contributed by atoms with E-state index in [0.29, 0.717) is 74.5 Å². The van der Waals surface area contributed by atoms with Crippen LogP contribution in [-0.2, 0) is 0 Å². The van der Waals surface area contributed by atoms with Gasteiger partial charge in [-0.3, -0.25) is 44.1 Å². The van der Waals surface area contributed by atoms with Crippen LogP contribution in [0, 0.1) is 0 Å². The molecule has 15 heteroatoms. The number of para-hydroxylation sites is 3. The van der Waals surface area contributed by atoms with Crippen molar-refractivity contribution in [1.29, 1.82) is 0 Å². The number of hydrogen-bond donors (Lipinski definition) is 0. The minimum absolute atomic E-state index is 0.308. The molecule has 15 aromatic rings. The van der Waals surface area contributed by atoms with Gasteiger partial charge in [0.1, 0.15) is 33.8 Å². The second kappa shape index (κ2) is 27.0. The lowest BCUT2D eigenvalue weighted by Gasteiger charge is -2.32. The van der Waals surface area contributed by atoms with Crippen LogP contribution in [0.25, 0.3) is 110 Å². The van der Waals surface area contributed by atoms with Gasteiger partial charge in [0.05, 0.1) is 0 Å². The SMILES string of the molecule is C(=C/c1cnccc1-c1ccccc1)/c1cnccc1-c1ccccc1.O=C1c2ccc3c4ccc5c6c(ccc(c7ccc(c2c37)C(=O)N1C1=CC=CCC1)c64)C(=O)N(C1=CC=CCC1)C5=O.c1cnc2c([O][Al]([O]c3cccc4cccnc34)[O]c3cccc4cccnc34)cccc2c1. The molecule has 7 heterocycles. The molecule has 102 heavy (non-hydrogen) atoms. The maximum atomic E-state index is 13.8. The molecule has 0 N–H and O–H groups in total. The molecule has 486 valence electrons. The summed E-state index contributed by atoms with van der Waals surface area (Å²) in [5.41, 5.74) is 12.6. The highest BCUT2D eigenvalue weighted by atomic mass is 27.3. The monoisotopic (exact) mass is 1340 g/mol. The molecule has 0 bridgehead atoms. The van der Waals surface area contributed by atoms with Crippen molar-refractivity contribution in [2.75, 3.05) is 0 Å². The Hall–Kier alpha value is -13.1. The van der Waals surface area contributed by atoms with Gasteiger partial charge in [0.25, 0.3) is 23.6 Å². The average Bonchev–Trinajstić information content (AvgIpc) is 0.689. The van der Waals surface area contributed by atoms with Crippen molar-refractivity contribution in [3.05, 3.63) is 337 Å². The van der Waals surface area contributed by atoms with Crippen molar-refractivity contribution >= 4 is 127 Å². The third-order valence-corrected chi connectivity index (χ3v) is 20.3. The largest absolute Gasteiger partial charge is 1.20 e. The van der Waals surface area contributed by atoms with Gasteiger partial charge in [-0.1, -0.05) is 176 Å². The maximum Gasteiger partial charge on any atom is 1.20 e. The molecule has 10 aromatic carbocycles. The number of carbonyl (C=O) groups excluding carboxylic acids is 4. The highest BCUT2D eigenvalue weighted by Crippen LogP contribution is 2.48. The van der Waals surface area contributed by atoms with Crippen LogP contribution in [0.1, 0.15) is 78.2 Å². The van der Waals surface area contributed by atoms with Crippen LogP contribution in [0.4, 0.5) is 0 Å². The second-order valence-electron chi connectivity index (χ2n) is 24.9. The number of imide groups is 2. The summed E-state index contributed by atoms with van der Waals surface area (Å²) in [5, 5.41) is 9.52. The molecule has 2 aliphatic heterocycles. The normalized spacial score (nSPS) is 14.0. The number of allylic oxidation sites excluding steroid dienone is 8. The van der Waals surface area contributed by atoms with Crippen LogP contribution in [-0.4, -0.2) is 73.5 Å². The molecule has 0 unspecified atom stereocenters. The summed E-state index contributed by atoms with van der Waals surface area (Å²) in [6.07, 6.45) is 31.3. The summed E-state index contributed by atoms with van der Waals surface area (Å²) in [6.45, 7) is 0. The lowest BCUT2D eigenvalue weighted by atomic mass is 9.82. The summed E-state index contributed by atoms with van der Waals surface area (Å²) in [7, 11) is 0. The number of amides is 4. The number of nitrogens with zero attached hydrogens (tertiary/aromatic N) is 7. The van der Waals surface area contributed by atoms with E-state index in [-0.39, 0.29) is 23.6 Å². The van der Waals surface area contributed by atoms with E-state index in [0.717, 1.165) is 89.0 Å². The van der Waals surface area contributed by atoms with E-state index in [1.165, 1.54) is 32.1 Å². The Bertz CT molecular complexity index is 5500. The predicted octanol–water partition coefficient (Wildman–Crippen LogP) is 19.2. The maximum absolute atomic E-state index is 13.8. The van der Waals surface area contributed by atoms with Crippen molar-refractivity contribution in [3.8, 4) is 39.5 Å². The van der Waals surface area contributed by atoms with E-state index >= 15 is 0 Å². The lowest BCUT2D eigenvalue weighted by Crippen LogP contribution is -2.40. The van der Waals surface area contributed by atoms with Crippen molar-refractivity contribution in [2.45, 2.75) is 25.7 Å². The number of benzene rings is 10. The minimum atomic E-state index is -2.86. The zero-order chi connectivity index (χ0) is 68.6. The minimum Gasteiger partial charge on any atom is -0.576 e. The van der Waals surface area contributed by atoms with Crippen LogP contribution in [0.15, 0.2) is 304 Å². The summed E-state index contributed by atoms with van der Waals surface area (Å²) in [6, 6.07) is 69.0. The van der Waals surface area contributed by atoms with Gasteiger partial charge in [0.15, 0.2) is 0 Å². The summed E-state index contributed by atoms with van der Waals surface area (Å²) < 4.78 is 19.2. The first kappa shape index (κ1) is 62.5. The van der Waals surface area contributed by atoms with Gasteiger partial charge in [-0.05, 0) is 165 Å². The number of aromatic nitrogens is 5. The van der Waals surface area contributed by atoms with E-state index in [2.05, 4.69) is 97.7 Å². The van der Waals surface area contributed by atoms with Gasteiger partial charge in [-0.2, -0.15) is 0 Å². The standard InChI is InChI=1S/C36H22N2O4.C24H18N2.3C9H7NO.Al/c39-33-25-15-11-21-23-13-17-27-32-28(36(42)38(35(27)41)20-9-5-2-6-10-20)18-14-24(30(23)32)22-12-16-26(31(25)29(21)22)34(40)37(33)19-7-3-1-4-8-19;1-3-7-19(8-4-1)23-13-15-25-17-21(23)11-12-22-18-26-16-14-24(22)20-9-5-2-6-10-20;3*11-8-5-1-3-7-4-2-6-10-9(7)8;/h1-3,5,7,9,11-18H,4,6,8,10H2;1-18H;3*1-6,11H;/q;;;;;+3/p-3/b;12-11-;;;;. The van der Waals surface area contributed by atoms with E-state index < -0.39 is 15.1 Å². The first-order valence-electron chi connectivity index (χ1n) is 33.7. The molecule has 4 amide bonds. The van der Waals surface area contributed by atoms with Crippen LogP contribution in [0.5, 0.6) is 17.2 Å². The Morgan fingerprint density at radius 2 is 0.696 bits per heavy atom. The Balaban J connectivity index is 0.000000117. The summed E-state index contributed by atoms with van der Waals surface area (Å²) >= 11 is -2.86. The Labute approximate surface area is 590 Å². The summed E-state index contributed by atoms with van der Waals surface area (Å²) in [5.74, 6) is 0.589. The van der Waals surface area contributed by atoms with Gasteiger partial charge in [-0.25, -0.2) is 9.80 Å². The van der Waals surface area contributed by atoms with Crippen molar-refractivity contribution in [1.82, 2.24) is 34.7 Å². The van der Waals surface area contributed by atoms with Crippen LogP contribution in [0.3, 0.4) is 0 Å². The Morgan fingerprint density at radius 1 is 0.343 bits per heavy atom. The van der Waals surface area contributed by atoms with E-state index in [4.69, 9.17) is 11.4 Å². The Morgan fingerprint density at radius 3 is 1.04 bits per heavy atom. The molecule has 0 fully saturated rings. The van der Waals surface area contributed by atoms with Gasteiger partial charge in [-0.15, -0.1) is 0 Å². The van der Waals surface area contributed by atoms with Crippen molar-refractivity contribution < 1.29 is 30.5 Å². The highest BCUT2D eigenvalue weighted by Gasteiger charge is 2.46. The number of carbonyl (C=O) groups is 4. The third kappa shape index (κ3) is 11.4. The molecule has 0 atom stereocenters. The van der Waals surface area contributed by atoms with E-state index in [9.17, 15) is 19.2 Å². The first-order valence-corrected chi connectivity index (χ1v) is 35.1. The molecule has 0 saturated carbocycles. The van der Waals surface area contributed by atoms with Crippen molar-refractivity contribution in [3.63, 3.8) is 0 Å². The first-order chi connectivity index (χ1) is 50.3. The van der Waals surface area contributed by atoms with Crippen molar-refractivity contribution in [2.24, 2.45) is 0 Å². The quantitative estimate of drug-likeness (QED) is 0.0492. The predicted molar refractivity (Wildman–Crippen MR) is 403 cm³/mol. The molecular weight excluding hydrogens is 1280 g/mol. The molecule has 0 spiro atoms. The lowest BCUT2D eigenvalue weighted by molar-refractivity contribution is 0.0640. The van der Waals surface area contributed by atoms with Gasteiger partial charge in [0, 0.05) is 115 Å². The number of rotatable bonds is 12. The van der Waals surface area contributed by atoms with Crippen LogP contribution in [0.2, 0.25) is 0 Å². The fourth-order valence-corrected chi connectivity index (χ4v) is 15.6. The van der Waals surface area contributed by atoms with Gasteiger partial charge < -0.3 is 11.4 Å². The number of pyridine rings is 5. The molecular formula is C87H58AlN7O7. The number of fused-ring (bicyclic) bond motifs is 5. The molecule has 19 rings (SSSR count). The zero-order valence-corrected chi connectivity index (χ0v) is 55.9. The molecule has 5 aromatic heterocycles. The second-order valence-corrected chi connectivity index (χ2v) is 26.2. The molecule has 14 nitrogen and oxygen atoms in total. The van der Waals surface area contributed by atoms with E-state index in [1.807, 2.05) is 213 Å².